The highest BCUT2D eigenvalue weighted by atomic mass is 19.4. The zero-order valence-electron chi connectivity index (χ0n) is 14.5. The van der Waals surface area contributed by atoms with E-state index in [4.69, 9.17) is 4.74 Å². The number of aromatic nitrogens is 1. The van der Waals surface area contributed by atoms with Gasteiger partial charge in [0.1, 0.15) is 11.3 Å². The number of nitrogens with zero attached hydrogens (tertiary/aromatic N) is 2. The van der Waals surface area contributed by atoms with Crippen LogP contribution in [0.15, 0.2) is 18.3 Å². The van der Waals surface area contributed by atoms with E-state index in [1.807, 2.05) is 0 Å². The van der Waals surface area contributed by atoms with E-state index in [0.717, 1.165) is 6.07 Å². The van der Waals surface area contributed by atoms with Crippen molar-refractivity contribution in [3.63, 3.8) is 0 Å². The lowest BCUT2D eigenvalue weighted by Crippen LogP contribution is -2.49. The Balaban J connectivity index is 2.14. The van der Waals surface area contributed by atoms with Crippen LogP contribution in [-0.2, 0) is 10.9 Å². The van der Waals surface area contributed by atoms with E-state index in [0.29, 0.717) is 18.4 Å². The Labute approximate surface area is 144 Å². The molecule has 1 aliphatic heterocycles. The predicted octanol–water partition coefficient (Wildman–Crippen LogP) is 3.58. The first-order valence-corrected chi connectivity index (χ1v) is 8.15. The van der Waals surface area contributed by atoms with E-state index in [2.05, 4.69) is 4.98 Å². The van der Waals surface area contributed by atoms with Crippen LogP contribution in [0.1, 0.15) is 50.8 Å². The number of alkyl halides is 3. The zero-order valence-corrected chi connectivity index (χ0v) is 14.5. The molecule has 1 fully saturated rings. The van der Waals surface area contributed by atoms with E-state index >= 15 is 0 Å². The summed E-state index contributed by atoms with van der Waals surface area (Å²) >= 11 is 0. The summed E-state index contributed by atoms with van der Waals surface area (Å²) in [5.41, 5.74) is -0.970. The minimum Gasteiger partial charge on any atom is -0.444 e. The molecule has 1 aromatic heterocycles. The van der Waals surface area contributed by atoms with Crippen molar-refractivity contribution < 1.29 is 27.8 Å². The number of pyridine rings is 1. The molecule has 1 aliphatic rings. The largest absolute Gasteiger partial charge is 0.444 e. The molecule has 2 heterocycles. The van der Waals surface area contributed by atoms with Crippen molar-refractivity contribution >= 4 is 6.09 Å². The summed E-state index contributed by atoms with van der Waals surface area (Å²) in [6.07, 6.45) is -2.61. The van der Waals surface area contributed by atoms with Gasteiger partial charge in [0.05, 0.1) is 12.6 Å². The minimum absolute atomic E-state index is 0.148. The number of aliphatic hydroxyl groups is 1. The molecule has 0 bridgehead atoms. The fraction of sp³-hybridized carbons (Fsp3) is 0.647. The first kappa shape index (κ1) is 19.5. The molecule has 140 valence electrons. The molecule has 1 saturated heterocycles. The third-order valence-electron chi connectivity index (χ3n) is 4.09. The second kappa shape index (κ2) is 7.19. The number of hydrogen-bond acceptors (Lipinski definition) is 4. The van der Waals surface area contributed by atoms with Gasteiger partial charge in [-0.15, -0.1) is 0 Å². The van der Waals surface area contributed by atoms with Crippen LogP contribution in [0.5, 0.6) is 0 Å². The average Bonchev–Trinajstić information content (AvgIpc) is 2.52. The molecule has 1 amide bonds. The van der Waals surface area contributed by atoms with E-state index in [-0.39, 0.29) is 25.1 Å². The van der Waals surface area contributed by atoms with Crippen molar-refractivity contribution in [1.29, 1.82) is 0 Å². The second-order valence-corrected chi connectivity index (χ2v) is 7.22. The van der Waals surface area contributed by atoms with Crippen LogP contribution in [-0.4, -0.2) is 45.9 Å². The fourth-order valence-corrected chi connectivity index (χ4v) is 2.85. The lowest BCUT2D eigenvalue weighted by atomic mass is 9.88. The van der Waals surface area contributed by atoms with Gasteiger partial charge in [-0.05, 0) is 45.2 Å². The Morgan fingerprint density at radius 1 is 1.32 bits per heavy atom. The van der Waals surface area contributed by atoms with Crippen molar-refractivity contribution in [3.8, 4) is 0 Å². The molecule has 5 nitrogen and oxygen atoms in total. The number of likely N-dealkylation sites (tertiary alicyclic amines) is 1. The predicted molar refractivity (Wildman–Crippen MR) is 85.0 cm³/mol. The topological polar surface area (TPSA) is 62.7 Å². The Morgan fingerprint density at radius 3 is 2.48 bits per heavy atom. The minimum atomic E-state index is -4.48. The summed E-state index contributed by atoms with van der Waals surface area (Å²) in [5.74, 6) is -0.148. The first-order valence-electron chi connectivity index (χ1n) is 8.15. The number of hydrogen-bond donors (Lipinski definition) is 1. The van der Waals surface area contributed by atoms with Crippen molar-refractivity contribution in [2.24, 2.45) is 0 Å². The van der Waals surface area contributed by atoms with Crippen LogP contribution < -0.4 is 0 Å². The molecule has 2 rings (SSSR count). The maximum absolute atomic E-state index is 12.6. The highest BCUT2D eigenvalue weighted by molar-refractivity contribution is 5.69. The SMILES string of the molecule is CC(C)(C)OC(=O)N1CC(c2ccc(C(F)(F)F)nc2)CCC1CO. The van der Waals surface area contributed by atoms with Gasteiger partial charge in [0, 0.05) is 18.7 Å². The molecular formula is C17H23F3N2O3. The molecular weight excluding hydrogens is 337 g/mol. The van der Waals surface area contributed by atoms with E-state index < -0.39 is 23.6 Å². The van der Waals surface area contributed by atoms with Gasteiger partial charge in [-0.25, -0.2) is 4.79 Å². The lowest BCUT2D eigenvalue weighted by Gasteiger charge is -2.39. The molecule has 25 heavy (non-hydrogen) atoms. The smallest absolute Gasteiger partial charge is 0.433 e. The summed E-state index contributed by atoms with van der Waals surface area (Å²) in [7, 11) is 0. The lowest BCUT2D eigenvalue weighted by molar-refractivity contribution is -0.141. The average molecular weight is 360 g/mol. The van der Waals surface area contributed by atoms with Gasteiger partial charge >= 0.3 is 12.3 Å². The van der Waals surface area contributed by atoms with Crippen LogP contribution >= 0.6 is 0 Å². The molecule has 8 heteroatoms. The number of rotatable bonds is 2. The number of halogens is 3. The number of amides is 1. The summed E-state index contributed by atoms with van der Waals surface area (Å²) in [4.78, 5) is 17.3. The normalized spacial score (nSPS) is 22.0. The third-order valence-corrected chi connectivity index (χ3v) is 4.09. The van der Waals surface area contributed by atoms with Crippen LogP contribution in [0.4, 0.5) is 18.0 Å². The molecule has 0 spiro atoms. The van der Waals surface area contributed by atoms with Crippen LogP contribution in [0.3, 0.4) is 0 Å². The maximum Gasteiger partial charge on any atom is 0.433 e. The van der Waals surface area contributed by atoms with Gasteiger partial charge in [-0.1, -0.05) is 6.07 Å². The number of aliphatic hydroxyl groups excluding tert-OH is 1. The number of piperidine rings is 1. The van der Waals surface area contributed by atoms with E-state index in [1.54, 1.807) is 20.8 Å². The van der Waals surface area contributed by atoms with Gasteiger partial charge in [0.15, 0.2) is 0 Å². The molecule has 1 aromatic rings. The highest BCUT2D eigenvalue weighted by Gasteiger charge is 2.36. The molecule has 1 N–H and O–H groups in total. The summed E-state index contributed by atoms with van der Waals surface area (Å²) in [6, 6.07) is 1.99. The highest BCUT2D eigenvalue weighted by Crippen LogP contribution is 2.33. The summed E-state index contributed by atoms with van der Waals surface area (Å²) in [5, 5.41) is 9.50. The second-order valence-electron chi connectivity index (χ2n) is 7.22. The standard InChI is InChI=1S/C17H23F3N2O3/c1-16(2,3)25-15(24)22-9-12(4-6-13(22)10-23)11-5-7-14(21-8-11)17(18,19)20/h5,7-8,12-13,23H,4,6,9-10H2,1-3H3. The van der Waals surface area contributed by atoms with Gasteiger partial charge in [-0.3, -0.25) is 4.98 Å². The van der Waals surface area contributed by atoms with Gasteiger partial charge in [0.2, 0.25) is 0 Å². The molecule has 0 radical (unpaired) electrons. The summed E-state index contributed by atoms with van der Waals surface area (Å²) in [6.45, 7) is 5.34. The third kappa shape index (κ3) is 5.07. The number of carbonyl (C=O) groups excluding carboxylic acids is 1. The van der Waals surface area contributed by atoms with E-state index in [9.17, 15) is 23.1 Å². The molecule has 0 aliphatic carbocycles. The maximum atomic E-state index is 12.6. The Kier molecular flexibility index (Phi) is 5.61. The van der Waals surface area contributed by atoms with Crippen molar-refractivity contribution in [1.82, 2.24) is 9.88 Å². The van der Waals surface area contributed by atoms with Crippen molar-refractivity contribution in [3.05, 3.63) is 29.6 Å². The van der Waals surface area contributed by atoms with Crippen molar-refractivity contribution in [2.45, 2.75) is 57.3 Å². The number of ether oxygens (including phenoxy) is 1. The fourth-order valence-electron chi connectivity index (χ4n) is 2.85. The van der Waals surface area contributed by atoms with Gasteiger partial charge < -0.3 is 14.7 Å². The van der Waals surface area contributed by atoms with Crippen LogP contribution in [0, 0.1) is 0 Å². The Hall–Kier alpha value is -1.83. The first-order chi connectivity index (χ1) is 11.5. The molecule has 0 aromatic carbocycles. The quantitative estimate of drug-likeness (QED) is 0.876. The molecule has 0 saturated carbocycles. The molecule has 2 unspecified atom stereocenters. The van der Waals surface area contributed by atoms with Gasteiger partial charge in [0.25, 0.3) is 0 Å². The molecule has 2 atom stereocenters. The number of carbonyl (C=O) groups is 1. The Morgan fingerprint density at radius 2 is 2.00 bits per heavy atom. The van der Waals surface area contributed by atoms with Crippen LogP contribution in [0.25, 0.3) is 0 Å². The van der Waals surface area contributed by atoms with Crippen LogP contribution in [0.2, 0.25) is 0 Å². The zero-order chi connectivity index (χ0) is 18.8. The summed E-state index contributed by atoms with van der Waals surface area (Å²) < 4.78 is 43.2. The van der Waals surface area contributed by atoms with E-state index in [1.165, 1.54) is 17.2 Å². The van der Waals surface area contributed by atoms with Gasteiger partial charge in [-0.2, -0.15) is 13.2 Å². The van der Waals surface area contributed by atoms with Crippen molar-refractivity contribution in [2.75, 3.05) is 13.2 Å². The monoisotopic (exact) mass is 360 g/mol. The Bertz CT molecular complexity index is 597.